The minimum atomic E-state index is -0.622. The van der Waals surface area contributed by atoms with Crippen molar-refractivity contribution >= 4 is 17.7 Å². The number of hydrogen-bond donors (Lipinski definition) is 1. The number of thioether (sulfide) groups is 1. The number of carbonyl (C=O) groups excluding carboxylic acids is 1. The van der Waals surface area contributed by atoms with E-state index in [0.29, 0.717) is 5.56 Å². The lowest BCUT2D eigenvalue weighted by atomic mass is 10.2. The molecule has 2 heterocycles. The Morgan fingerprint density at radius 3 is 3.20 bits per heavy atom. The van der Waals surface area contributed by atoms with E-state index in [2.05, 4.69) is 10.3 Å². The number of pyridine rings is 1. The van der Waals surface area contributed by atoms with Crippen molar-refractivity contribution in [2.45, 2.75) is 12.5 Å². The third kappa shape index (κ3) is 2.68. The molecule has 1 saturated heterocycles. The maximum absolute atomic E-state index is 12.7. The summed E-state index contributed by atoms with van der Waals surface area (Å²) in [6.45, 7) is 0. The predicted octanol–water partition coefficient (Wildman–Crippen LogP) is 1.46. The number of rotatable bonds is 2. The zero-order chi connectivity index (χ0) is 10.7. The summed E-state index contributed by atoms with van der Waals surface area (Å²) in [5.74, 6) is 1.18. The molecule has 1 aromatic rings. The van der Waals surface area contributed by atoms with Crippen molar-refractivity contribution in [2.75, 3.05) is 11.5 Å². The van der Waals surface area contributed by atoms with Crippen LogP contribution in [0.1, 0.15) is 16.8 Å². The normalized spacial score (nSPS) is 20.2. The highest BCUT2D eigenvalue weighted by atomic mass is 32.2. The molecule has 1 unspecified atom stereocenters. The fourth-order valence-corrected chi connectivity index (χ4v) is 2.61. The van der Waals surface area contributed by atoms with E-state index in [9.17, 15) is 9.18 Å². The smallest absolute Gasteiger partial charge is 0.251 e. The molecule has 5 heteroatoms. The van der Waals surface area contributed by atoms with Gasteiger partial charge in [-0.1, -0.05) is 0 Å². The summed E-state index contributed by atoms with van der Waals surface area (Å²) >= 11 is 1.82. The van der Waals surface area contributed by atoms with Crippen molar-refractivity contribution < 1.29 is 9.18 Å². The SMILES string of the molecule is O=C(NC1CCSC1)c1ccnc(F)c1. The minimum absolute atomic E-state index is 0.219. The Balaban J connectivity index is 2.01. The Hall–Kier alpha value is -1.10. The Kier molecular flexibility index (Phi) is 3.20. The summed E-state index contributed by atoms with van der Waals surface area (Å²) < 4.78 is 12.7. The molecule has 1 amide bonds. The van der Waals surface area contributed by atoms with Crippen molar-refractivity contribution in [1.82, 2.24) is 10.3 Å². The van der Waals surface area contributed by atoms with Gasteiger partial charge in [0, 0.05) is 29.6 Å². The van der Waals surface area contributed by atoms with Crippen LogP contribution in [-0.4, -0.2) is 28.4 Å². The highest BCUT2D eigenvalue weighted by Crippen LogP contribution is 2.17. The summed E-state index contributed by atoms with van der Waals surface area (Å²) in [6, 6.07) is 2.89. The number of hydrogen-bond acceptors (Lipinski definition) is 3. The molecule has 2 rings (SSSR count). The molecular weight excluding hydrogens is 215 g/mol. The Labute approximate surface area is 91.5 Å². The van der Waals surface area contributed by atoms with E-state index in [-0.39, 0.29) is 11.9 Å². The van der Waals surface area contributed by atoms with Crippen LogP contribution in [0.25, 0.3) is 0 Å². The lowest BCUT2D eigenvalue weighted by Crippen LogP contribution is -2.34. The average Bonchev–Trinajstić information content (AvgIpc) is 2.70. The van der Waals surface area contributed by atoms with Crippen LogP contribution < -0.4 is 5.32 Å². The van der Waals surface area contributed by atoms with Gasteiger partial charge in [-0.3, -0.25) is 4.79 Å². The molecule has 0 bridgehead atoms. The van der Waals surface area contributed by atoms with E-state index in [4.69, 9.17) is 0 Å². The second-order valence-electron chi connectivity index (χ2n) is 3.40. The third-order valence-electron chi connectivity index (χ3n) is 2.25. The second kappa shape index (κ2) is 4.61. The highest BCUT2D eigenvalue weighted by Gasteiger charge is 2.18. The lowest BCUT2D eigenvalue weighted by molar-refractivity contribution is 0.0940. The van der Waals surface area contributed by atoms with Crippen LogP contribution in [0.2, 0.25) is 0 Å². The van der Waals surface area contributed by atoms with Crippen LogP contribution in [0.3, 0.4) is 0 Å². The van der Waals surface area contributed by atoms with Crippen molar-refractivity contribution in [3.05, 3.63) is 29.8 Å². The topological polar surface area (TPSA) is 42.0 Å². The molecule has 0 radical (unpaired) electrons. The van der Waals surface area contributed by atoms with Crippen LogP contribution in [0.4, 0.5) is 4.39 Å². The quantitative estimate of drug-likeness (QED) is 0.776. The first-order chi connectivity index (χ1) is 7.25. The minimum Gasteiger partial charge on any atom is -0.348 e. The maximum atomic E-state index is 12.7. The summed E-state index contributed by atoms with van der Waals surface area (Å²) in [6.07, 6.45) is 2.29. The van der Waals surface area contributed by atoms with Crippen molar-refractivity contribution in [3.8, 4) is 0 Å². The number of aromatic nitrogens is 1. The molecule has 1 N–H and O–H groups in total. The van der Waals surface area contributed by atoms with E-state index >= 15 is 0 Å². The van der Waals surface area contributed by atoms with E-state index in [1.165, 1.54) is 12.3 Å². The number of nitrogens with one attached hydrogen (secondary N) is 1. The largest absolute Gasteiger partial charge is 0.348 e. The van der Waals surface area contributed by atoms with Crippen LogP contribution in [0, 0.1) is 5.95 Å². The Morgan fingerprint density at radius 2 is 2.53 bits per heavy atom. The van der Waals surface area contributed by atoms with Crippen molar-refractivity contribution in [3.63, 3.8) is 0 Å². The van der Waals surface area contributed by atoms with Crippen LogP contribution in [0.15, 0.2) is 18.3 Å². The standard InChI is InChI=1S/C10H11FN2OS/c11-9-5-7(1-3-12-9)10(14)13-8-2-4-15-6-8/h1,3,5,8H,2,4,6H2,(H,13,14). The Morgan fingerprint density at radius 1 is 1.67 bits per heavy atom. The third-order valence-corrected chi connectivity index (χ3v) is 3.42. The summed E-state index contributed by atoms with van der Waals surface area (Å²) in [4.78, 5) is 15.0. The number of nitrogens with zero attached hydrogens (tertiary/aromatic N) is 1. The zero-order valence-electron chi connectivity index (χ0n) is 8.07. The Bertz CT molecular complexity index is 366. The molecular formula is C10H11FN2OS. The molecule has 0 spiro atoms. The first-order valence-electron chi connectivity index (χ1n) is 4.76. The van der Waals surface area contributed by atoms with Crippen LogP contribution in [-0.2, 0) is 0 Å². The highest BCUT2D eigenvalue weighted by molar-refractivity contribution is 7.99. The van der Waals surface area contributed by atoms with Gasteiger partial charge >= 0.3 is 0 Å². The molecule has 1 aliphatic heterocycles. The van der Waals surface area contributed by atoms with E-state index in [1.54, 1.807) is 0 Å². The molecule has 1 aromatic heterocycles. The molecule has 1 aliphatic rings. The van der Waals surface area contributed by atoms with Crippen LogP contribution in [0.5, 0.6) is 0 Å². The van der Waals surface area contributed by atoms with Gasteiger partial charge in [0.15, 0.2) is 0 Å². The molecule has 0 aliphatic carbocycles. The van der Waals surface area contributed by atoms with Gasteiger partial charge in [-0.15, -0.1) is 0 Å². The van der Waals surface area contributed by atoms with Crippen LogP contribution >= 0.6 is 11.8 Å². The molecule has 80 valence electrons. The molecule has 3 nitrogen and oxygen atoms in total. The van der Waals surface area contributed by atoms with Gasteiger partial charge in [-0.25, -0.2) is 4.98 Å². The van der Waals surface area contributed by atoms with E-state index < -0.39 is 5.95 Å². The van der Waals surface area contributed by atoms with Gasteiger partial charge in [0.25, 0.3) is 5.91 Å². The molecule has 0 aromatic carbocycles. The molecule has 0 saturated carbocycles. The fraction of sp³-hybridized carbons (Fsp3) is 0.400. The summed E-state index contributed by atoms with van der Waals surface area (Å²) in [5, 5.41) is 2.87. The zero-order valence-corrected chi connectivity index (χ0v) is 8.89. The second-order valence-corrected chi connectivity index (χ2v) is 4.55. The van der Waals surface area contributed by atoms with E-state index in [1.807, 2.05) is 11.8 Å². The monoisotopic (exact) mass is 226 g/mol. The van der Waals surface area contributed by atoms with Gasteiger partial charge in [0.2, 0.25) is 5.95 Å². The maximum Gasteiger partial charge on any atom is 0.251 e. The summed E-state index contributed by atoms with van der Waals surface area (Å²) in [5.41, 5.74) is 0.333. The van der Waals surface area contributed by atoms with Crippen molar-refractivity contribution in [1.29, 1.82) is 0 Å². The first-order valence-corrected chi connectivity index (χ1v) is 5.91. The molecule has 1 fully saturated rings. The lowest BCUT2D eigenvalue weighted by Gasteiger charge is -2.10. The summed E-state index contributed by atoms with van der Waals surface area (Å²) in [7, 11) is 0. The van der Waals surface area contributed by atoms with Gasteiger partial charge in [0.05, 0.1) is 0 Å². The molecule has 15 heavy (non-hydrogen) atoms. The number of halogens is 1. The first kappa shape index (κ1) is 10.4. The van der Waals surface area contributed by atoms with Crippen molar-refractivity contribution in [2.24, 2.45) is 0 Å². The average molecular weight is 226 g/mol. The fourth-order valence-electron chi connectivity index (χ4n) is 1.46. The van der Waals surface area contributed by atoms with Gasteiger partial charge in [-0.2, -0.15) is 16.2 Å². The molecule has 1 atom stereocenters. The van der Waals surface area contributed by atoms with Gasteiger partial charge in [-0.05, 0) is 18.2 Å². The van der Waals surface area contributed by atoms with Gasteiger partial charge < -0.3 is 5.32 Å². The predicted molar refractivity (Wildman–Crippen MR) is 57.4 cm³/mol. The number of amides is 1. The van der Waals surface area contributed by atoms with Gasteiger partial charge in [0.1, 0.15) is 0 Å². The number of carbonyl (C=O) groups is 1. The van der Waals surface area contributed by atoms with E-state index in [0.717, 1.165) is 24.0 Å².